The first-order chi connectivity index (χ1) is 3.83. The zero-order valence-corrected chi connectivity index (χ0v) is 5.75. The van der Waals surface area contributed by atoms with Gasteiger partial charge in [0.15, 0.2) is 13.0 Å². The molecule has 0 aliphatic rings. The van der Waals surface area contributed by atoms with E-state index in [0.29, 0.717) is 0 Å². The summed E-state index contributed by atoms with van der Waals surface area (Å²) < 4.78 is 0. The van der Waals surface area contributed by atoms with Gasteiger partial charge in [-0.1, -0.05) is 0 Å². The lowest BCUT2D eigenvalue weighted by Crippen LogP contribution is -2.01. The van der Waals surface area contributed by atoms with Crippen LogP contribution in [0.4, 0.5) is 5.13 Å². The van der Waals surface area contributed by atoms with E-state index >= 15 is 0 Å². The molecule has 2 nitrogen and oxygen atoms in total. The molecule has 1 N–H and O–H groups in total. The molecule has 0 saturated carbocycles. The largest absolute Gasteiger partial charge is 0.365 e. The number of thiazole rings is 1. The van der Waals surface area contributed by atoms with Gasteiger partial charge in [-0.3, -0.25) is 0 Å². The van der Waals surface area contributed by atoms with Gasteiger partial charge < -0.3 is 5.32 Å². The second kappa shape index (κ2) is 2.18. The molecular formula is C4H7BN2S. The maximum absolute atomic E-state index is 4.14. The van der Waals surface area contributed by atoms with Crippen LogP contribution in [0.5, 0.6) is 0 Å². The number of hydrogen-bond donors (Lipinski definition) is 1. The minimum absolute atomic E-state index is 0.988. The molecule has 0 fully saturated rings. The average molecular weight is 126 g/mol. The van der Waals surface area contributed by atoms with E-state index in [1.54, 1.807) is 11.3 Å². The van der Waals surface area contributed by atoms with Crippen molar-refractivity contribution in [2.24, 2.45) is 0 Å². The van der Waals surface area contributed by atoms with Gasteiger partial charge in [-0.2, -0.15) is 0 Å². The Kier molecular flexibility index (Phi) is 1.53. The highest BCUT2D eigenvalue weighted by Crippen LogP contribution is 2.05. The van der Waals surface area contributed by atoms with Gasteiger partial charge >= 0.3 is 0 Å². The fourth-order valence-electron chi connectivity index (χ4n) is 0.469. The molecule has 1 heterocycles. The Morgan fingerprint density at radius 1 is 1.88 bits per heavy atom. The molecule has 0 saturated heterocycles. The van der Waals surface area contributed by atoms with E-state index in [9.17, 15) is 0 Å². The van der Waals surface area contributed by atoms with Gasteiger partial charge in [0.1, 0.15) is 0 Å². The van der Waals surface area contributed by atoms with Crippen LogP contribution in [0.1, 0.15) is 0 Å². The van der Waals surface area contributed by atoms with Crippen molar-refractivity contribution >= 4 is 29.9 Å². The molecule has 0 atom stereocenters. The standard InChI is InChI=1S/C4H7BN2S/c1-6-4-7-3(5)2-8-4/h2H,5H2,1H3,(H,6,7). The first kappa shape index (κ1) is 5.63. The Morgan fingerprint density at radius 2 is 2.62 bits per heavy atom. The van der Waals surface area contributed by atoms with Gasteiger partial charge in [0.2, 0.25) is 0 Å². The summed E-state index contributed by atoms with van der Waals surface area (Å²) in [6.07, 6.45) is 0. The van der Waals surface area contributed by atoms with Crippen molar-refractivity contribution in [2.45, 2.75) is 0 Å². The molecule has 0 amide bonds. The van der Waals surface area contributed by atoms with Crippen LogP contribution in [0.25, 0.3) is 0 Å². The highest BCUT2D eigenvalue weighted by Gasteiger charge is 1.90. The third kappa shape index (κ3) is 1.01. The number of rotatable bonds is 1. The Bertz CT molecular complexity index is 174. The van der Waals surface area contributed by atoms with E-state index in [0.717, 1.165) is 10.7 Å². The van der Waals surface area contributed by atoms with Gasteiger partial charge in [-0.05, 0) is 0 Å². The van der Waals surface area contributed by atoms with E-state index in [4.69, 9.17) is 0 Å². The number of aromatic nitrogens is 1. The molecule has 42 valence electrons. The molecule has 0 aliphatic carbocycles. The Hall–Kier alpha value is -0.505. The summed E-state index contributed by atoms with van der Waals surface area (Å²) in [4.78, 5) is 4.14. The summed E-state index contributed by atoms with van der Waals surface area (Å²) in [5.41, 5.74) is 1.08. The van der Waals surface area contributed by atoms with E-state index in [1.165, 1.54) is 0 Å². The van der Waals surface area contributed by atoms with Gasteiger partial charge in [0.25, 0.3) is 0 Å². The summed E-state index contributed by atoms with van der Waals surface area (Å²) in [5.74, 6) is 0. The van der Waals surface area contributed by atoms with Crippen LogP contribution >= 0.6 is 11.3 Å². The summed E-state index contributed by atoms with van der Waals surface area (Å²) in [6, 6.07) is 0. The topological polar surface area (TPSA) is 24.9 Å². The molecule has 0 radical (unpaired) electrons. The molecule has 0 aromatic carbocycles. The third-order valence-electron chi connectivity index (χ3n) is 0.833. The number of anilines is 1. The van der Waals surface area contributed by atoms with E-state index in [-0.39, 0.29) is 0 Å². The quantitative estimate of drug-likeness (QED) is 0.510. The lowest BCUT2D eigenvalue weighted by Gasteiger charge is -1.85. The van der Waals surface area contributed by atoms with Crippen LogP contribution < -0.4 is 10.9 Å². The molecule has 0 spiro atoms. The van der Waals surface area contributed by atoms with Gasteiger partial charge in [0, 0.05) is 18.0 Å². The summed E-state index contributed by atoms with van der Waals surface area (Å²) in [7, 11) is 3.86. The fourth-order valence-corrected chi connectivity index (χ4v) is 1.12. The van der Waals surface area contributed by atoms with Crippen LogP contribution in [0.15, 0.2) is 5.38 Å². The molecule has 0 aliphatic heterocycles. The minimum atomic E-state index is 0.988. The monoisotopic (exact) mass is 126 g/mol. The summed E-state index contributed by atoms with van der Waals surface area (Å²) in [5, 5.41) is 5.96. The highest BCUT2D eigenvalue weighted by molar-refractivity contribution is 7.14. The van der Waals surface area contributed by atoms with Crippen molar-refractivity contribution in [1.82, 2.24) is 4.98 Å². The smallest absolute Gasteiger partial charge is 0.181 e. The van der Waals surface area contributed by atoms with E-state index in [2.05, 4.69) is 10.3 Å². The van der Waals surface area contributed by atoms with Crippen LogP contribution in [-0.4, -0.2) is 19.9 Å². The average Bonchev–Trinajstić information content (AvgIpc) is 2.14. The fraction of sp³-hybridized carbons (Fsp3) is 0.250. The predicted octanol–water partition coefficient (Wildman–Crippen LogP) is -0.557. The van der Waals surface area contributed by atoms with Crippen molar-refractivity contribution in [2.75, 3.05) is 12.4 Å². The number of nitrogens with zero attached hydrogens (tertiary/aromatic N) is 1. The Balaban J connectivity index is 2.84. The van der Waals surface area contributed by atoms with Crippen molar-refractivity contribution in [3.63, 3.8) is 0 Å². The van der Waals surface area contributed by atoms with E-state index in [1.807, 2.05) is 20.3 Å². The number of hydrogen-bond acceptors (Lipinski definition) is 3. The molecule has 0 unspecified atom stereocenters. The zero-order chi connectivity index (χ0) is 5.98. The second-order valence-electron chi connectivity index (χ2n) is 1.54. The van der Waals surface area contributed by atoms with Gasteiger partial charge in [-0.25, -0.2) is 4.98 Å². The Morgan fingerprint density at radius 3 is 2.88 bits per heavy atom. The van der Waals surface area contributed by atoms with Crippen LogP contribution in [0.2, 0.25) is 0 Å². The van der Waals surface area contributed by atoms with Crippen molar-refractivity contribution in [3.05, 3.63) is 5.38 Å². The lowest BCUT2D eigenvalue weighted by molar-refractivity contribution is 1.41. The van der Waals surface area contributed by atoms with Crippen molar-refractivity contribution < 1.29 is 0 Å². The van der Waals surface area contributed by atoms with Crippen LogP contribution in [0.3, 0.4) is 0 Å². The molecule has 1 rings (SSSR count). The van der Waals surface area contributed by atoms with Crippen LogP contribution in [0, 0.1) is 0 Å². The van der Waals surface area contributed by atoms with Crippen molar-refractivity contribution in [3.8, 4) is 0 Å². The molecule has 1 aromatic rings. The second-order valence-corrected chi connectivity index (χ2v) is 2.40. The zero-order valence-electron chi connectivity index (χ0n) is 4.93. The first-order valence-corrected chi connectivity index (χ1v) is 3.31. The SMILES string of the molecule is Bc1csc(NC)n1. The van der Waals surface area contributed by atoms with Gasteiger partial charge in [0.05, 0.1) is 0 Å². The molecule has 1 aromatic heterocycles. The van der Waals surface area contributed by atoms with Gasteiger partial charge in [-0.15, -0.1) is 11.3 Å². The normalized spacial score (nSPS) is 9.12. The predicted molar refractivity (Wildman–Crippen MR) is 39.8 cm³/mol. The lowest BCUT2D eigenvalue weighted by atomic mass is 10.1. The van der Waals surface area contributed by atoms with Crippen LogP contribution in [-0.2, 0) is 0 Å². The molecule has 4 heteroatoms. The van der Waals surface area contributed by atoms with E-state index < -0.39 is 0 Å². The molecule has 0 bridgehead atoms. The number of nitrogens with one attached hydrogen (secondary N) is 1. The molecular weight excluding hydrogens is 119 g/mol. The Labute approximate surface area is 53.4 Å². The maximum Gasteiger partial charge on any atom is 0.181 e. The molecule has 8 heavy (non-hydrogen) atoms. The van der Waals surface area contributed by atoms with Crippen molar-refractivity contribution in [1.29, 1.82) is 0 Å². The summed E-state index contributed by atoms with van der Waals surface area (Å²) >= 11 is 1.63. The first-order valence-electron chi connectivity index (χ1n) is 2.43. The minimum Gasteiger partial charge on any atom is -0.365 e. The summed E-state index contributed by atoms with van der Waals surface area (Å²) in [6.45, 7) is 0. The highest BCUT2D eigenvalue weighted by atomic mass is 32.1. The maximum atomic E-state index is 4.14. The third-order valence-corrected chi connectivity index (χ3v) is 1.81.